The molecule has 0 unspecified atom stereocenters. The number of rotatable bonds is 2. The molecule has 3 aromatic rings. The van der Waals surface area contributed by atoms with Gasteiger partial charge in [-0.05, 0) is 25.1 Å². The van der Waals surface area contributed by atoms with Gasteiger partial charge in [-0.25, -0.2) is 4.98 Å². The van der Waals surface area contributed by atoms with Crippen molar-refractivity contribution in [3.05, 3.63) is 28.8 Å². The van der Waals surface area contributed by atoms with Crippen LogP contribution in [-0.2, 0) is 0 Å². The van der Waals surface area contributed by atoms with Gasteiger partial charge in [0.15, 0.2) is 5.13 Å². The Balaban J connectivity index is 1.88. The first-order valence-corrected chi connectivity index (χ1v) is 7.02. The van der Waals surface area contributed by atoms with Crippen LogP contribution in [0.4, 0.5) is 10.3 Å². The zero-order chi connectivity index (χ0) is 13.4. The van der Waals surface area contributed by atoms with Gasteiger partial charge >= 0.3 is 0 Å². The number of thiazole rings is 1. The van der Waals surface area contributed by atoms with Crippen LogP contribution in [0.5, 0.6) is 0 Å². The minimum atomic E-state index is -0.218. The third-order valence-corrected chi connectivity index (χ3v) is 4.02. The highest BCUT2D eigenvalue weighted by Gasteiger charge is 2.11. The van der Waals surface area contributed by atoms with Crippen molar-refractivity contribution in [3.63, 3.8) is 0 Å². The van der Waals surface area contributed by atoms with E-state index in [1.54, 1.807) is 18.2 Å². The fourth-order valence-corrected chi connectivity index (χ4v) is 2.96. The number of carbonyl (C=O) groups excluding carboxylic acids is 1. The number of aryl methyl sites for hydroxylation is 1. The molecule has 0 fully saturated rings. The van der Waals surface area contributed by atoms with E-state index in [0.717, 1.165) is 15.2 Å². The lowest BCUT2D eigenvalue weighted by atomic mass is 10.2. The van der Waals surface area contributed by atoms with Crippen molar-refractivity contribution >= 4 is 49.1 Å². The number of carbonyl (C=O) groups is 1. The number of nitrogens with two attached hydrogens (primary N) is 1. The van der Waals surface area contributed by atoms with Crippen LogP contribution in [0, 0.1) is 6.92 Å². The first kappa shape index (κ1) is 12.0. The SMILES string of the molecule is Cc1nnc(NC(=O)c2ccc3nc(N)sc3c2)s1. The monoisotopic (exact) mass is 291 g/mol. The van der Waals surface area contributed by atoms with Crippen LogP contribution in [0.1, 0.15) is 15.4 Å². The number of anilines is 2. The Morgan fingerprint density at radius 1 is 1.32 bits per heavy atom. The summed E-state index contributed by atoms with van der Waals surface area (Å²) in [6.07, 6.45) is 0. The summed E-state index contributed by atoms with van der Waals surface area (Å²) in [5, 5.41) is 12.2. The van der Waals surface area contributed by atoms with Crippen LogP contribution in [0.15, 0.2) is 18.2 Å². The molecule has 8 heteroatoms. The smallest absolute Gasteiger partial charge is 0.257 e. The fraction of sp³-hybridized carbons (Fsp3) is 0.0909. The summed E-state index contributed by atoms with van der Waals surface area (Å²) in [7, 11) is 0. The van der Waals surface area contributed by atoms with Gasteiger partial charge in [-0.15, -0.1) is 10.2 Å². The van der Waals surface area contributed by atoms with E-state index in [0.29, 0.717) is 15.8 Å². The number of hydrogen-bond donors (Lipinski definition) is 2. The average molecular weight is 291 g/mol. The van der Waals surface area contributed by atoms with Crippen molar-refractivity contribution in [2.45, 2.75) is 6.92 Å². The maximum Gasteiger partial charge on any atom is 0.257 e. The van der Waals surface area contributed by atoms with E-state index in [-0.39, 0.29) is 5.91 Å². The van der Waals surface area contributed by atoms with E-state index in [4.69, 9.17) is 5.73 Å². The normalized spacial score (nSPS) is 10.8. The molecule has 0 saturated heterocycles. The van der Waals surface area contributed by atoms with Gasteiger partial charge in [0.2, 0.25) is 5.13 Å². The Morgan fingerprint density at radius 3 is 2.89 bits per heavy atom. The lowest BCUT2D eigenvalue weighted by Crippen LogP contribution is -2.11. The number of amides is 1. The quantitative estimate of drug-likeness (QED) is 0.755. The van der Waals surface area contributed by atoms with Crippen LogP contribution in [0.25, 0.3) is 10.2 Å². The number of fused-ring (bicyclic) bond motifs is 1. The predicted octanol–water partition coefficient (Wildman–Crippen LogP) is 2.29. The number of hydrogen-bond acceptors (Lipinski definition) is 7. The topological polar surface area (TPSA) is 93.8 Å². The Bertz CT molecular complexity index is 763. The molecule has 1 aromatic carbocycles. The van der Waals surface area contributed by atoms with Crippen LogP contribution < -0.4 is 11.1 Å². The highest BCUT2D eigenvalue weighted by atomic mass is 32.1. The molecule has 2 aromatic heterocycles. The van der Waals surface area contributed by atoms with Crippen LogP contribution in [-0.4, -0.2) is 21.1 Å². The predicted molar refractivity (Wildman–Crippen MR) is 76.6 cm³/mol. The van der Waals surface area contributed by atoms with Gasteiger partial charge in [0, 0.05) is 5.56 Å². The number of aromatic nitrogens is 3. The number of benzene rings is 1. The Hall–Kier alpha value is -2.06. The van der Waals surface area contributed by atoms with Gasteiger partial charge in [0.25, 0.3) is 5.91 Å². The number of nitrogens with zero attached hydrogens (tertiary/aromatic N) is 3. The minimum Gasteiger partial charge on any atom is -0.375 e. The molecule has 0 atom stereocenters. The van der Waals surface area contributed by atoms with E-state index < -0.39 is 0 Å². The van der Waals surface area contributed by atoms with Crippen LogP contribution in [0.3, 0.4) is 0 Å². The molecule has 6 nitrogen and oxygen atoms in total. The highest BCUT2D eigenvalue weighted by Crippen LogP contribution is 2.25. The van der Waals surface area contributed by atoms with E-state index in [1.165, 1.54) is 22.7 Å². The summed E-state index contributed by atoms with van der Waals surface area (Å²) >= 11 is 2.69. The van der Waals surface area contributed by atoms with Crippen molar-refractivity contribution in [3.8, 4) is 0 Å². The summed E-state index contributed by atoms with van der Waals surface area (Å²) in [4.78, 5) is 16.2. The molecule has 0 saturated carbocycles. The molecule has 3 rings (SSSR count). The molecule has 19 heavy (non-hydrogen) atoms. The maximum absolute atomic E-state index is 12.1. The second-order valence-corrected chi connectivity index (χ2v) is 6.06. The molecule has 0 bridgehead atoms. The van der Waals surface area contributed by atoms with Crippen LogP contribution >= 0.6 is 22.7 Å². The average Bonchev–Trinajstić information content (AvgIpc) is 2.93. The number of nitrogens with one attached hydrogen (secondary N) is 1. The standard InChI is InChI=1S/C11H9N5OS2/c1-5-15-16-11(18-5)14-9(17)6-2-3-7-8(4-6)19-10(12)13-7/h2-4H,1H3,(H2,12,13)(H,14,16,17). The molecule has 2 heterocycles. The van der Waals surface area contributed by atoms with E-state index in [9.17, 15) is 4.79 Å². The van der Waals surface area contributed by atoms with Crippen molar-refractivity contribution in [2.24, 2.45) is 0 Å². The summed E-state index contributed by atoms with van der Waals surface area (Å²) in [5.74, 6) is -0.218. The second-order valence-electron chi connectivity index (χ2n) is 3.81. The third-order valence-electron chi connectivity index (χ3n) is 2.41. The van der Waals surface area contributed by atoms with Crippen molar-refractivity contribution in [1.82, 2.24) is 15.2 Å². The molecular weight excluding hydrogens is 282 g/mol. The Kier molecular flexibility index (Phi) is 2.88. The molecule has 0 spiro atoms. The van der Waals surface area contributed by atoms with Crippen molar-refractivity contribution < 1.29 is 4.79 Å². The molecule has 0 aliphatic heterocycles. The second kappa shape index (κ2) is 4.56. The zero-order valence-electron chi connectivity index (χ0n) is 9.88. The summed E-state index contributed by atoms with van der Waals surface area (Å²) in [5.41, 5.74) is 6.98. The van der Waals surface area contributed by atoms with Gasteiger partial charge in [0.1, 0.15) is 5.01 Å². The zero-order valence-corrected chi connectivity index (χ0v) is 11.5. The minimum absolute atomic E-state index is 0.218. The van der Waals surface area contributed by atoms with Gasteiger partial charge in [-0.2, -0.15) is 0 Å². The molecule has 3 N–H and O–H groups in total. The summed E-state index contributed by atoms with van der Waals surface area (Å²) in [6, 6.07) is 5.26. The maximum atomic E-state index is 12.1. The van der Waals surface area contributed by atoms with E-state index in [2.05, 4.69) is 20.5 Å². The Labute approximate surface area is 116 Å². The highest BCUT2D eigenvalue weighted by molar-refractivity contribution is 7.22. The van der Waals surface area contributed by atoms with Gasteiger partial charge in [-0.3, -0.25) is 10.1 Å². The van der Waals surface area contributed by atoms with Gasteiger partial charge < -0.3 is 5.73 Å². The van der Waals surface area contributed by atoms with Gasteiger partial charge in [0.05, 0.1) is 10.2 Å². The fourth-order valence-electron chi connectivity index (χ4n) is 1.60. The van der Waals surface area contributed by atoms with Gasteiger partial charge in [-0.1, -0.05) is 22.7 Å². The third kappa shape index (κ3) is 2.40. The molecule has 0 radical (unpaired) electrons. The van der Waals surface area contributed by atoms with Crippen molar-refractivity contribution in [1.29, 1.82) is 0 Å². The number of nitrogen functional groups attached to an aromatic ring is 1. The first-order valence-electron chi connectivity index (χ1n) is 5.39. The first-order chi connectivity index (χ1) is 9.11. The molecule has 1 amide bonds. The van der Waals surface area contributed by atoms with E-state index >= 15 is 0 Å². The molecular formula is C11H9N5OS2. The van der Waals surface area contributed by atoms with E-state index in [1.807, 2.05) is 6.92 Å². The summed E-state index contributed by atoms with van der Waals surface area (Å²) < 4.78 is 0.888. The molecule has 96 valence electrons. The largest absolute Gasteiger partial charge is 0.375 e. The summed E-state index contributed by atoms with van der Waals surface area (Å²) in [6.45, 7) is 1.83. The molecule has 0 aliphatic carbocycles. The Morgan fingerprint density at radius 2 is 2.16 bits per heavy atom. The lowest BCUT2D eigenvalue weighted by Gasteiger charge is -2.00. The molecule has 0 aliphatic rings. The lowest BCUT2D eigenvalue weighted by molar-refractivity contribution is 0.102. The van der Waals surface area contributed by atoms with Crippen molar-refractivity contribution in [2.75, 3.05) is 11.1 Å². The van der Waals surface area contributed by atoms with Crippen LogP contribution in [0.2, 0.25) is 0 Å².